The van der Waals surface area contributed by atoms with Gasteiger partial charge in [0.25, 0.3) is 0 Å². The van der Waals surface area contributed by atoms with Crippen LogP contribution in [0.4, 0.5) is 26.7 Å². The third-order valence-electron chi connectivity index (χ3n) is 5.83. The summed E-state index contributed by atoms with van der Waals surface area (Å²) in [7, 11) is 0. The van der Waals surface area contributed by atoms with Crippen LogP contribution in [0.5, 0.6) is 0 Å². The van der Waals surface area contributed by atoms with Crippen LogP contribution in [0.3, 0.4) is 0 Å². The van der Waals surface area contributed by atoms with Crippen molar-refractivity contribution in [3.63, 3.8) is 0 Å². The number of hydrogen-bond acceptors (Lipinski definition) is 2. The van der Waals surface area contributed by atoms with E-state index in [1.165, 1.54) is 14.4 Å². The number of amides is 3. The maximum atomic E-state index is 13.9. The molecule has 3 amide bonds. The molecule has 5 rings (SSSR count). The van der Waals surface area contributed by atoms with Gasteiger partial charge in [0, 0.05) is 23.3 Å². The quantitative estimate of drug-likeness (QED) is 0.272. The van der Waals surface area contributed by atoms with Crippen LogP contribution >= 0.6 is 46.4 Å². The number of aryl methyl sites for hydroxylation is 1. The number of fused-ring (bicyclic) bond motifs is 1. The molecule has 6 nitrogen and oxygen atoms in total. The molecule has 4 aromatic rings. The summed E-state index contributed by atoms with van der Waals surface area (Å²) in [6.45, 7) is 1.95. The van der Waals surface area contributed by atoms with Crippen molar-refractivity contribution in [2.24, 2.45) is 0 Å². The first-order valence-electron chi connectivity index (χ1n) is 10.8. The van der Waals surface area contributed by atoms with E-state index in [0.717, 1.165) is 5.56 Å². The van der Waals surface area contributed by atoms with E-state index in [0.29, 0.717) is 42.8 Å². The molecule has 0 fully saturated rings. The Morgan fingerprint density at radius 2 is 1.53 bits per heavy atom. The Hall–Kier alpha value is -3.16. The molecule has 0 aliphatic carbocycles. The van der Waals surface area contributed by atoms with Crippen LogP contribution in [0.25, 0.3) is 0 Å². The lowest BCUT2D eigenvalue weighted by atomic mass is 10.1. The maximum Gasteiger partial charge on any atom is 0.335 e. The van der Waals surface area contributed by atoms with Gasteiger partial charge in [0.05, 0.1) is 25.8 Å². The summed E-state index contributed by atoms with van der Waals surface area (Å²) in [6, 6.07) is 19.9. The topological polar surface area (TPSA) is 57.6 Å². The minimum atomic E-state index is -0.824. The normalized spacial score (nSPS) is 14.6. The minimum absolute atomic E-state index is 0.291. The van der Waals surface area contributed by atoms with Gasteiger partial charge in [-0.3, -0.25) is 14.4 Å². The standard InChI is InChI=1S/C26H18Cl4N4O2/c1-15-4-7-17(8-5-15)33(25(35)31-16-6-10-19(27)21(29)13-16)24-23-3-2-12-32(23)26(36)34(24)18-9-11-20(28)22(30)14-18/h2-14,24H,1H3,(H,31,35). The van der Waals surface area contributed by atoms with E-state index in [1.54, 1.807) is 54.7 Å². The van der Waals surface area contributed by atoms with E-state index in [-0.39, 0.29) is 6.03 Å². The largest absolute Gasteiger partial charge is 0.335 e. The van der Waals surface area contributed by atoms with Crippen LogP contribution < -0.4 is 15.1 Å². The Kier molecular flexibility index (Phi) is 6.62. The number of hydrogen-bond donors (Lipinski definition) is 1. The number of halogens is 4. The molecule has 1 atom stereocenters. The van der Waals surface area contributed by atoms with Crippen LogP contribution in [0.1, 0.15) is 17.4 Å². The maximum absolute atomic E-state index is 13.9. The van der Waals surface area contributed by atoms with E-state index in [1.807, 2.05) is 31.2 Å². The molecule has 0 saturated carbocycles. The van der Waals surface area contributed by atoms with Crippen molar-refractivity contribution in [2.45, 2.75) is 13.1 Å². The fraction of sp³-hybridized carbons (Fsp3) is 0.0769. The third-order valence-corrected chi connectivity index (χ3v) is 7.31. The zero-order chi connectivity index (χ0) is 25.6. The molecular weight excluding hydrogens is 542 g/mol. The van der Waals surface area contributed by atoms with Gasteiger partial charge < -0.3 is 5.32 Å². The zero-order valence-corrected chi connectivity index (χ0v) is 21.8. The number of urea groups is 1. The Morgan fingerprint density at radius 3 is 2.19 bits per heavy atom. The molecule has 0 saturated heterocycles. The lowest BCUT2D eigenvalue weighted by Gasteiger charge is -2.34. The SMILES string of the molecule is Cc1ccc(N(C(=O)Nc2ccc(Cl)c(Cl)c2)C2c3cccn3C(=O)N2c2ccc(Cl)c(Cl)c2)cc1. The molecule has 10 heteroatoms. The summed E-state index contributed by atoms with van der Waals surface area (Å²) in [5.41, 5.74) is 3.15. The van der Waals surface area contributed by atoms with Crippen LogP contribution in [-0.4, -0.2) is 16.6 Å². The molecule has 2 heterocycles. The fourth-order valence-electron chi connectivity index (χ4n) is 4.10. The molecule has 1 aliphatic rings. The fourth-order valence-corrected chi connectivity index (χ4v) is 4.69. The van der Waals surface area contributed by atoms with Gasteiger partial charge in [-0.1, -0.05) is 64.1 Å². The molecule has 36 heavy (non-hydrogen) atoms. The Bertz CT molecular complexity index is 1490. The van der Waals surface area contributed by atoms with E-state index < -0.39 is 12.2 Å². The third kappa shape index (κ3) is 4.42. The van der Waals surface area contributed by atoms with Gasteiger partial charge in [0.2, 0.25) is 0 Å². The number of nitrogens with zero attached hydrogens (tertiary/aromatic N) is 3. The summed E-state index contributed by atoms with van der Waals surface area (Å²) in [6.07, 6.45) is 0.835. The summed E-state index contributed by atoms with van der Waals surface area (Å²) in [5.74, 6) is 0. The highest BCUT2D eigenvalue weighted by Crippen LogP contribution is 2.41. The van der Waals surface area contributed by atoms with Crippen LogP contribution in [0.2, 0.25) is 20.1 Å². The number of benzene rings is 3. The van der Waals surface area contributed by atoms with Crippen molar-refractivity contribution in [2.75, 3.05) is 15.1 Å². The number of anilines is 3. The smallest absolute Gasteiger partial charge is 0.307 e. The predicted molar refractivity (Wildman–Crippen MR) is 146 cm³/mol. The summed E-state index contributed by atoms with van der Waals surface area (Å²) in [5, 5.41) is 4.20. The molecule has 1 aromatic heterocycles. The van der Waals surface area contributed by atoms with Crippen molar-refractivity contribution in [1.82, 2.24) is 4.57 Å². The zero-order valence-electron chi connectivity index (χ0n) is 18.8. The van der Waals surface area contributed by atoms with Gasteiger partial charge in [0.15, 0.2) is 6.17 Å². The van der Waals surface area contributed by atoms with Gasteiger partial charge in [-0.25, -0.2) is 9.59 Å². The second kappa shape index (κ2) is 9.71. The number of carbonyl (C=O) groups is 2. The first-order valence-corrected chi connectivity index (χ1v) is 12.3. The molecule has 0 bridgehead atoms. The van der Waals surface area contributed by atoms with Gasteiger partial charge in [0.1, 0.15) is 0 Å². The van der Waals surface area contributed by atoms with Crippen LogP contribution in [0, 0.1) is 6.92 Å². The number of carbonyl (C=O) groups excluding carboxylic acids is 2. The van der Waals surface area contributed by atoms with Crippen molar-refractivity contribution >= 4 is 75.5 Å². The number of rotatable bonds is 4. The number of aromatic nitrogens is 1. The second-order valence-corrected chi connectivity index (χ2v) is 9.82. The van der Waals surface area contributed by atoms with Crippen molar-refractivity contribution in [1.29, 1.82) is 0 Å². The molecular formula is C26H18Cl4N4O2. The van der Waals surface area contributed by atoms with Crippen molar-refractivity contribution < 1.29 is 9.59 Å². The lowest BCUT2D eigenvalue weighted by Crippen LogP contribution is -2.45. The molecule has 1 aliphatic heterocycles. The summed E-state index contributed by atoms with van der Waals surface area (Å²) >= 11 is 24.6. The average Bonchev–Trinajstić information content (AvgIpc) is 3.42. The van der Waals surface area contributed by atoms with Gasteiger partial charge in [-0.05, 0) is 67.6 Å². The Labute approximate surface area is 227 Å². The highest BCUT2D eigenvalue weighted by Gasteiger charge is 2.44. The minimum Gasteiger partial charge on any atom is -0.307 e. The molecule has 0 radical (unpaired) electrons. The van der Waals surface area contributed by atoms with E-state index in [4.69, 9.17) is 46.4 Å². The van der Waals surface area contributed by atoms with Crippen LogP contribution in [0.15, 0.2) is 79.0 Å². The molecule has 182 valence electrons. The van der Waals surface area contributed by atoms with Gasteiger partial charge in [-0.2, -0.15) is 0 Å². The predicted octanol–water partition coefficient (Wildman–Crippen LogP) is 8.64. The van der Waals surface area contributed by atoms with E-state index >= 15 is 0 Å². The van der Waals surface area contributed by atoms with E-state index in [9.17, 15) is 9.59 Å². The number of nitrogens with one attached hydrogen (secondary N) is 1. The highest BCUT2D eigenvalue weighted by molar-refractivity contribution is 6.42. The molecule has 1 unspecified atom stereocenters. The van der Waals surface area contributed by atoms with Gasteiger partial charge >= 0.3 is 12.1 Å². The lowest BCUT2D eigenvalue weighted by molar-refractivity contribution is 0.248. The molecule has 0 spiro atoms. The first kappa shape index (κ1) is 24.5. The molecule has 3 aromatic carbocycles. The summed E-state index contributed by atoms with van der Waals surface area (Å²) < 4.78 is 1.50. The van der Waals surface area contributed by atoms with Crippen LogP contribution in [-0.2, 0) is 0 Å². The Balaban J connectivity index is 1.64. The summed E-state index contributed by atoms with van der Waals surface area (Å²) in [4.78, 5) is 30.4. The highest BCUT2D eigenvalue weighted by atomic mass is 35.5. The monoisotopic (exact) mass is 558 g/mol. The Morgan fingerprint density at radius 1 is 0.861 bits per heavy atom. The van der Waals surface area contributed by atoms with E-state index in [2.05, 4.69) is 5.32 Å². The van der Waals surface area contributed by atoms with Crippen molar-refractivity contribution in [3.8, 4) is 0 Å². The van der Waals surface area contributed by atoms with Crippen molar-refractivity contribution in [3.05, 3.63) is 110 Å². The van der Waals surface area contributed by atoms with Gasteiger partial charge in [-0.15, -0.1) is 0 Å². The first-order chi connectivity index (χ1) is 17.2. The second-order valence-electron chi connectivity index (χ2n) is 8.19. The average molecular weight is 560 g/mol. The molecule has 1 N–H and O–H groups in total.